The van der Waals surface area contributed by atoms with Gasteiger partial charge >= 0.3 is 0 Å². The summed E-state index contributed by atoms with van der Waals surface area (Å²) >= 11 is 1.46. The number of rotatable bonds is 9. The van der Waals surface area contributed by atoms with E-state index in [2.05, 4.69) is 10.0 Å². The minimum atomic E-state index is -3.95. The van der Waals surface area contributed by atoms with Crippen molar-refractivity contribution in [3.8, 4) is 5.75 Å². The van der Waals surface area contributed by atoms with Crippen LogP contribution in [-0.4, -0.2) is 20.9 Å². The van der Waals surface area contributed by atoms with Crippen molar-refractivity contribution in [1.29, 1.82) is 0 Å². The Morgan fingerprint density at radius 2 is 1.49 bits per heavy atom. The van der Waals surface area contributed by atoms with Crippen LogP contribution in [0.25, 0.3) is 0 Å². The van der Waals surface area contributed by atoms with Crippen LogP contribution in [0.15, 0.2) is 118 Å². The van der Waals surface area contributed by atoms with E-state index in [0.717, 1.165) is 9.79 Å². The number of benzene rings is 4. The van der Waals surface area contributed by atoms with Crippen molar-refractivity contribution in [1.82, 2.24) is 0 Å². The summed E-state index contributed by atoms with van der Waals surface area (Å²) in [6.45, 7) is 2.18. The van der Waals surface area contributed by atoms with Gasteiger partial charge in [-0.15, -0.1) is 0 Å². The summed E-state index contributed by atoms with van der Waals surface area (Å²) in [5.41, 5.74) is 1.19. The highest BCUT2D eigenvalue weighted by molar-refractivity contribution is 7.99. The number of carbonyl (C=O) groups is 1. The minimum absolute atomic E-state index is 0.00355. The van der Waals surface area contributed by atoms with Crippen LogP contribution in [0.1, 0.15) is 17.3 Å². The van der Waals surface area contributed by atoms with Crippen molar-refractivity contribution in [3.05, 3.63) is 109 Å². The zero-order valence-electron chi connectivity index (χ0n) is 19.0. The molecule has 0 bridgehead atoms. The molecule has 0 aliphatic heterocycles. The molecule has 0 aliphatic carbocycles. The zero-order chi connectivity index (χ0) is 24.7. The van der Waals surface area contributed by atoms with Gasteiger partial charge in [-0.3, -0.25) is 9.52 Å². The Morgan fingerprint density at radius 1 is 0.829 bits per heavy atom. The highest BCUT2D eigenvalue weighted by Crippen LogP contribution is 2.35. The van der Waals surface area contributed by atoms with E-state index in [9.17, 15) is 13.2 Å². The highest BCUT2D eigenvalue weighted by Gasteiger charge is 2.20. The van der Waals surface area contributed by atoms with Crippen LogP contribution in [0.4, 0.5) is 11.4 Å². The lowest BCUT2D eigenvalue weighted by molar-refractivity contribution is 0.102. The van der Waals surface area contributed by atoms with Crippen molar-refractivity contribution in [3.63, 3.8) is 0 Å². The predicted molar refractivity (Wildman–Crippen MR) is 140 cm³/mol. The molecule has 4 aromatic carbocycles. The lowest BCUT2D eigenvalue weighted by Gasteiger charge is -2.15. The number of ether oxygens (including phenoxy) is 1. The summed E-state index contributed by atoms with van der Waals surface area (Å²) in [6, 6.07) is 30.0. The molecule has 0 atom stereocenters. The normalized spacial score (nSPS) is 11.0. The zero-order valence-corrected chi connectivity index (χ0v) is 20.6. The van der Waals surface area contributed by atoms with Gasteiger partial charge in [0.25, 0.3) is 15.9 Å². The van der Waals surface area contributed by atoms with Gasteiger partial charge in [-0.1, -0.05) is 60.3 Å². The number of anilines is 2. The van der Waals surface area contributed by atoms with Crippen LogP contribution in [0.5, 0.6) is 5.75 Å². The number of nitrogens with one attached hydrogen (secondary N) is 2. The molecule has 8 heteroatoms. The fourth-order valence-corrected chi connectivity index (χ4v) is 5.39. The first-order valence-electron chi connectivity index (χ1n) is 10.9. The average Bonchev–Trinajstić information content (AvgIpc) is 2.87. The second-order valence-electron chi connectivity index (χ2n) is 7.43. The molecule has 0 fully saturated rings. The van der Waals surface area contributed by atoms with E-state index in [4.69, 9.17) is 4.74 Å². The number of amides is 1. The summed E-state index contributed by atoms with van der Waals surface area (Å²) < 4.78 is 34.9. The summed E-state index contributed by atoms with van der Waals surface area (Å²) in [5.74, 6) is 0.0226. The van der Waals surface area contributed by atoms with Gasteiger partial charge in [-0.25, -0.2) is 8.42 Å². The number of sulfonamides is 1. The fourth-order valence-electron chi connectivity index (χ4n) is 3.30. The maximum Gasteiger partial charge on any atom is 0.262 e. The van der Waals surface area contributed by atoms with E-state index in [1.807, 2.05) is 55.5 Å². The molecule has 1 amide bonds. The van der Waals surface area contributed by atoms with E-state index in [0.29, 0.717) is 23.6 Å². The van der Waals surface area contributed by atoms with Crippen LogP contribution in [0.2, 0.25) is 0 Å². The molecule has 0 heterocycles. The fraction of sp³-hybridized carbons (Fsp3) is 0.0741. The van der Waals surface area contributed by atoms with Crippen LogP contribution < -0.4 is 14.8 Å². The summed E-state index contributed by atoms with van der Waals surface area (Å²) in [7, 11) is -3.95. The smallest absolute Gasteiger partial charge is 0.262 e. The third-order valence-electron chi connectivity index (χ3n) is 4.95. The molecule has 0 saturated carbocycles. The Hall–Kier alpha value is -3.75. The molecule has 0 radical (unpaired) electrons. The molecular formula is C27H24N2O4S2. The highest BCUT2D eigenvalue weighted by atomic mass is 32.2. The van der Waals surface area contributed by atoms with Gasteiger partial charge in [0, 0.05) is 15.4 Å². The van der Waals surface area contributed by atoms with Crippen LogP contribution >= 0.6 is 11.8 Å². The van der Waals surface area contributed by atoms with Crippen molar-refractivity contribution >= 4 is 39.1 Å². The summed E-state index contributed by atoms with van der Waals surface area (Å²) in [5, 5.41) is 2.77. The van der Waals surface area contributed by atoms with E-state index in [-0.39, 0.29) is 16.5 Å². The summed E-state index contributed by atoms with van der Waals surface area (Å²) in [4.78, 5) is 14.5. The van der Waals surface area contributed by atoms with Crippen molar-refractivity contribution in [2.45, 2.75) is 21.6 Å². The lowest BCUT2D eigenvalue weighted by atomic mass is 10.2. The Labute approximate surface area is 209 Å². The van der Waals surface area contributed by atoms with Crippen LogP contribution in [0, 0.1) is 0 Å². The second-order valence-corrected chi connectivity index (χ2v) is 10.2. The Bertz CT molecular complexity index is 1410. The molecule has 0 aromatic heterocycles. The van der Waals surface area contributed by atoms with Crippen molar-refractivity contribution in [2.75, 3.05) is 16.6 Å². The van der Waals surface area contributed by atoms with Gasteiger partial charge < -0.3 is 10.1 Å². The maximum atomic E-state index is 13.3. The van der Waals surface area contributed by atoms with Crippen LogP contribution in [-0.2, 0) is 10.0 Å². The molecule has 0 saturated heterocycles. The second kappa shape index (κ2) is 11.1. The minimum Gasteiger partial charge on any atom is -0.492 e. The standard InChI is InChI=1S/C27H24N2O4S2/c1-2-33-25-18-17-22(19-24(25)28-27(30)20-11-5-3-6-12-20)35(31,32)29-23-15-9-10-16-26(23)34-21-13-7-4-8-14-21/h3-19,29H,2H2,1H3,(H,28,30). The quantitative estimate of drug-likeness (QED) is 0.280. The van der Waals surface area contributed by atoms with Gasteiger partial charge in [-0.05, 0) is 61.5 Å². The monoisotopic (exact) mass is 504 g/mol. The van der Waals surface area contributed by atoms with Crippen molar-refractivity contribution in [2.24, 2.45) is 0 Å². The third kappa shape index (κ3) is 6.23. The van der Waals surface area contributed by atoms with E-state index in [1.165, 1.54) is 23.9 Å². The number of para-hydroxylation sites is 1. The molecular weight excluding hydrogens is 480 g/mol. The molecule has 0 unspecified atom stereocenters. The first-order valence-corrected chi connectivity index (χ1v) is 13.2. The molecule has 6 nitrogen and oxygen atoms in total. The van der Waals surface area contributed by atoms with Gasteiger partial charge in [0.15, 0.2) is 0 Å². The van der Waals surface area contributed by atoms with E-state index >= 15 is 0 Å². The van der Waals surface area contributed by atoms with Gasteiger partial charge in [0.2, 0.25) is 0 Å². The van der Waals surface area contributed by atoms with E-state index in [1.54, 1.807) is 42.5 Å². The Balaban J connectivity index is 1.62. The van der Waals surface area contributed by atoms with Gasteiger partial charge in [-0.2, -0.15) is 0 Å². The first kappa shape index (κ1) is 24.4. The van der Waals surface area contributed by atoms with Crippen molar-refractivity contribution < 1.29 is 17.9 Å². The topological polar surface area (TPSA) is 84.5 Å². The molecule has 4 rings (SSSR count). The number of hydrogen-bond donors (Lipinski definition) is 2. The van der Waals surface area contributed by atoms with Gasteiger partial charge in [0.05, 0.1) is 22.9 Å². The Kier molecular flexibility index (Phi) is 7.74. The third-order valence-corrected chi connectivity index (χ3v) is 7.39. The average molecular weight is 505 g/mol. The molecule has 4 aromatic rings. The van der Waals surface area contributed by atoms with E-state index < -0.39 is 10.0 Å². The molecule has 178 valence electrons. The first-order chi connectivity index (χ1) is 17.0. The maximum absolute atomic E-state index is 13.3. The predicted octanol–water partition coefficient (Wildman–Crippen LogP) is 6.29. The SMILES string of the molecule is CCOc1ccc(S(=O)(=O)Nc2ccccc2Sc2ccccc2)cc1NC(=O)c1ccccc1. The largest absolute Gasteiger partial charge is 0.492 e. The molecule has 35 heavy (non-hydrogen) atoms. The number of carbonyl (C=O) groups excluding carboxylic acids is 1. The molecule has 0 aliphatic rings. The number of hydrogen-bond acceptors (Lipinski definition) is 5. The lowest BCUT2D eigenvalue weighted by Crippen LogP contribution is -2.16. The van der Waals surface area contributed by atoms with Gasteiger partial charge in [0.1, 0.15) is 5.75 Å². The Morgan fingerprint density at radius 3 is 2.20 bits per heavy atom. The molecule has 0 spiro atoms. The summed E-state index contributed by atoms with van der Waals surface area (Å²) in [6.07, 6.45) is 0. The van der Waals surface area contributed by atoms with Crippen LogP contribution in [0.3, 0.4) is 0 Å². The molecule has 2 N–H and O–H groups in total.